The van der Waals surface area contributed by atoms with E-state index in [1.54, 1.807) is 12.1 Å². The van der Waals surface area contributed by atoms with Gasteiger partial charge < -0.3 is 21.1 Å². The van der Waals surface area contributed by atoms with E-state index in [2.05, 4.69) is 16.0 Å². The number of carbonyl (C=O) groups is 3. The maximum absolute atomic E-state index is 12.1. The summed E-state index contributed by atoms with van der Waals surface area (Å²) in [5.41, 5.74) is 0.0554. The van der Waals surface area contributed by atoms with E-state index in [0.717, 1.165) is 12.0 Å². The van der Waals surface area contributed by atoms with E-state index < -0.39 is 17.5 Å². The number of aryl methyl sites for hydroxylation is 1. The van der Waals surface area contributed by atoms with Gasteiger partial charge in [-0.25, -0.2) is 9.59 Å². The molecule has 0 aromatic heterocycles. The molecule has 1 aliphatic rings. The second-order valence-electron chi connectivity index (χ2n) is 6.05. The number of aliphatic carboxylic acids is 1. The number of carbonyl (C=O) groups excluding carboxylic acids is 2. The van der Waals surface area contributed by atoms with E-state index in [1.807, 2.05) is 26.0 Å². The number of amides is 3. The quantitative estimate of drug-likeness (QED) is 0.626. The van der Waals surface area contributed by atoms with Gasteiger partial charge in [-0.2, -0.15) is 0 Å². The Kier molecular flexibility index (Phi) is 5.43. The minimum absolute atomic E-state index is 0.0226. The lowest BCUT2D eigenvalue weighted by molar-refractivity contribution is -0.144. The summed E-state index contributed by atoms with van der Waals surface area (Å²) in [6.45, 7) is 3.61. The molecule has 1 aromatic rings. The van der Waals surface area contributed by atoms with Crippen LogP contribution in [0.4, 0.5) is 4.79 Å². The average molecular weight is 333 g/mol. The molecule has 1 aliphatic carbocycles. The first kappa shape index (κ1) is 17.8. The Morgan fingerprint density at radius 3 is 2.67 bits per heavy atom. The average Bonchev–Trinajstić information content (AvgIpc) is 2.93. The summed E-state index contributed by atoms with van der Waals surface area (Å²) >= 11 is 0. The first-order chi connectivity index (χ1) is 11.4. The molecule has 0 radical (unpaired) electrons. The smallest absolute Gasteiger partial charge is 0.334 e. The molecule has 0 saturated heterocycles. The van der Waals surface area contributed by atoms with Gasteiger partial charge >= 0.3 is 12.0 Å². The first-order valence-electron chi connectivity index (χ1n) is 8.06. The molecule has 0 unspecified atom stereocenters. The Morgan fingerprint density at radius 1 is 1.29 bits per heavy atom. The third-order valence-corrected chi connectivity index (χ3v) is 4.37. The van der Waals surface area contributed by atoms with E-state index in [1.165, 1.54) is 0 Å². The highest BCUT2D eigenvalue weighted by atomic mass is 16.4. The second kappa shape index (κ2) is 7.33. The van der Waals surface area contributed by atoms with E-state index in [0.29, 0.717) is 12.0 Å². The minimum atomic E-state index is -1.45. The van der Waals surface area contributed by atoms with Crippen molar-refractivity contribution < 1.29 is 19.5 Å². The SMILES string of the molecule is CC[C@H](C)NC(=O)CNC(=O)N[C@]1(C(=O)O)CCc2ccccc21. The van der Waals surface area contributed by atoms with Crippen LogP contribution in [0.2, 0.25) is 0 Å². The number of hydrogen-bond acceptors (Lipinski definition) is 3. The van der Waals surface area contributed by atoms with Gasteiger partial charge in [0.2, 0.25) is 5.91 Å². The van der Waals surface area contributed by atoms with Crippen LogP contribution in [0.25, 0.3) is 0 Å². The van der Waals surface area contributed by atoms with Crippen LogP contribution < -0.4 is 16.0 Å². The number of carboxylic acid groups (broad SMARTS) is 1. The Bertz CT molecular complexity index is 646. The van der Waals surface area contributed by atoms with Crippen molar-refractivity contribution in [2.24, 2.45) is 0 Å². The van der Waals surface area contributed by atoms with Gasteiger partial charge in [-0.05, 0) is 37.3 Å². The molecule has 0 spiro atoms. The van der Waals surface area contributed by atoms with Crippen molar-refractivity contribution in [3.63, 3.8) is 0 Å². The fraction of sp³-hybridized carbons (Fsp3) is 0.471. The van der Waals surface area contributed by atoms with Crippen LogP contribution in [0.5, 0.6) is 0 Å². The Morgan fingerprint density at radius 2 is 2.00 bits per heavy atom. The molecule has 130 valence electrons. The monoisotopic (exact) mass is 333 g/mol. The minimum Gasteiger partial charge on any atom is -0.479 e. The molecule has 7 heteroatoms. The van der Waals surface area contributed by atoms with E-state index in [-0.39, 0.29) is 24.9 Å². The molecule has 0 saturated carbocycles. The molecule has 3 amide bonds. The van der Waals surface area contributed by atoms with Crippen LogP contribution in [-0.4, -0.2) is 35.6 Å². The highest BCUT2D eigenvalue weighted by Gasteiger charge is 2.46. The predicted octanol–water partition coefficient (Wildman–Crippen LogP) is 1.13. The zero-order valence-corrected chi connectivity index (χ0v) is 13.9. The molecule has 24 heavy (non-hydrogen) atoms. The Labute approximate surface area is 140 Å². The number of hydrogen-bond donors (Lipinski definition) is 4. The summed E-state index contributed by atoms with van der Waals surface area (Å²) < 4.78 is 0. The van der Waals surface area contributed by atoms with Crippen molar-refractivity contribution in [2.75, 3.05) is 6.54 Å². The van der Waals surface area contributed by atoms with Crippen molar-refractivity contribution in [2.45, 2.75) is 44.7 Å². The lowest BCUT2D eigenvalue weighted by Crippen LogP contribution is -2.55. The largest absolute Gasteiger partial charge is 0.479 e. The molecular weight excluding hydrogens is 310 g/mol. The first-order valence-corrected chi connectivity index (χ1v) is 8.06. The predicted molar refractivity (Wildman–Crippen MR) is 88.5 cm³/mol. The summed E-state index contributed by atoms with van der Waals surface area (Å²) in [4.78, 5) is 35.6. The van der Waals surface area contributed by atoms with Crippen molar-refractivity contribution >= 4 is 17.9 Å². The summed E-state index contributed by atoms with van der Waals surface area (Å²) in [5, 5.41) is 17.4. The number of urea groups is 1. The second-order valence-corrected chi connectivity index (χ2v) is 6.05. The standard InChI is InChI=1S/C17H23N3O4/c1-3-11(2)19-14(21)10-18-16(24)20-17(15(22)23)9-8-12-6-4-5-7-13(12)17/h4-7,11H,3,8-10H2,1-2H3,(H,19,21)(H,22,23)(H2,18,20,24)/t11-,17+/m0/s1. The fourth-order valence-corrected chi connectivity index (χ4v) is 2.84. The maximum Gasteiger partial charge on any atom is 0.334 e. The van der Waals surface area contributed by atoms with Gasteiger partial charge in [0.15, 0.2) is 5.54 Å². The van der Waals surface area contributed by atoms with Crippen LogP contribution in [0, 0.1) is 0 Å². The molecular formula is C17H23N3O4. The lowest BCUT2D eigenvalue weighted by atomic mass is 9.92. The van der Waals surface area contributed by atoms with Crippen LogP contribution in [-0.2, 0) is 21.5 Å². The number of benzene rings is 1. The van der Waals surface area contributed by atoms with Gasteiger partial charge in [-0.15, -0.1) is 0 Å². The van der Waals surface area contributed by atoms with E-state index >= 15 is 0 Å². The molecule has 4 N–H and O–H groups in total. The Hall–Kier alpha value is -2.57. The number of fused-ring (bicyclic) bond motifs is 1. The van der Waals surface area contributed by atoms with Crippen molar-refractivity contribution in [3.8, 4) is 0 Å². The summed E-state index contributed by atoms with van der Waals surface area (Å²) in [7, 11) is 0. The van der Waals surface area contributed by atoms with Crippen molar-refractivity contribution in [1.82, 2.24) is 16.0 Å². The summed E-state index contributed by atoms with van der Waals surface area (Å²) in [6, 6.07) is 6.52. The molecule has 1 aromatic carbocycles. The van der Waals surface area contributed by atoms with Crippen LogP contribution in [0.1, 0.15) is 37.8 Å². The maximum atomic E-state index is 12.1. The fourth-order valence-electron chi connectivity index (χ4n) is 2.84. The number of rotatable bonds is 6. The van der Waals surface area contributed by atoms with Gasteiger partial charge in [0, 0.05) is 6.04 Å². The van der Waals surface area contributed by atoms with Crippen molar-refractivity contribution in [1.29, 1.82) is 0 Å². The zero-order chi connectivity index (χ0) is 17.7. The van der Waals surface area contributed by atoms with Gasteiger partial charge in [-0.1, -0.05) is 31.2 Å². The molecule has 0 fully saturated rings. The molecule has 0 aliphatic heterocycles. The van der Waals surface area contributed by atoms with Gasteiger partial charge in [0.05, 0.1) is 6.54 Å². The highest BCUT2D eigenvalue weighted by Crippen LogP contribution is 2.37. The van der Waals surface area contributed by atoms with Gasteiger partial charge in [0.25, 0.3) is 0 Å². The van der Waals surface area contributed by atoms with E-state index in [4.69, 9.17) is 0 Å². The normalized spacial score (nSPS) is 19.9. The summed E-state index contributed by atoms with van der Waals surface area (Å²) in [5.74, 6) is -1.41. The topological polar surface area (TPSA) is 108 Å². The van der Waals surface area contributed by atoms with Crippen LogP contribution in [0.15, 0.2) is 24.3 Å². The molecule has 7 nitrogen and oxygen atoms in total. The van der Waals surface area contributed by atoms with E-state index in [9.17, 15) is 19.5 Å². The third-order valence-electron chi connectivity index (χ3n) is 4.37. The van der Waals surface area contributed by atoms with Crippen molar-refractivity contribution in [3.05, 3.63) is 35.4 Å². The highest BCUT2D eigenvalue weighted by molar-refractivity contribution is 5.90. The van der Waals surface area contributed by atoms with Crippen LogP contribution >= 0.6 is 0 Å². The lowest BCUT2D eigenvalue weighted by Gasteiger charge is -2.27. The van der Waals surface area contributed by atoms with Gasteiger partial charge in [-0.3, -0.25) is 4.79 Å². The molecule has 0 bridgehead atoms. The van der Waals surface area contributed by atoms with Crippen LogP contribution in [0.3, 0.4) is 0 Å². The number of carboxylic acids is 1. The summed E-state index contributed by atoms with van der Waals surface area (Å²) in [6.07, 6.45) is 1.66. The third kappa shape index (κ3) is 3.67. The molecule has 2 atom stereocenters. The zero-order valence-electron chi connectivity index (χ0n) is 13.9. The molecule has 0 heterocycles. The number of nitrogens with one attached hydrogen (secondary N) is 3. The Balaban J connectivity index is 2.01. The molecule has 2 rings (SSSR count). The van der Waals surface area contributed by atoms with Gasteiger partial charge in [0.1, 0.15) is 0 Å².